The minimum Gasteiger partial charge on any atom is -0.370 e. The summed E-state index contributed by atoms with van der Waals surface area (Å²) < 4.78 is 0. The molecule has 0 saturated carbocycles. The van der Waals surface area contributed by atoms with E-state index < -0.39 is 0 Å². The molecule has 0 spiro atoms. The second-order valence-electron chi connectivity index (χ2n) is 5.19. The molecule has 0 radical (unpaired) electrons. The average Bonchev–Trinajstić information content (AvgIpc) is 2.46. The molecular weight excluding hydrogens is 365 g/mol. The van der Waals surface area contributed by atoms with Crippen molar-refractivity contribution in [2.75, 3.05) is 52.4 Å². The van der Waals surface area contributed by atoms with E-state index in [2.05, 4.69) is 47.4 Å². The molecule has 120 valence electrons. The number of hydrogen-bond donors (Lipinski definition) is 1. The van der Waals surface area contributed by atoms with Crippen LogP contribution in [0.2, 0.25) is 0 Å². The average molecular weight is 397 g/mol. The number of hydrogen-bond acceptors (Lipinski definition) is 3. The predicted molar refractivity (Wildman–Crippen MR) is 98.0 cm³/mol. The van der Waals surface area contributed by atoms with Gasteiger partial charge in [0, 0.05) is 45.3 Å². The Bertz CT molecular complexity index is 273. The fraction of sp³-hybridized carbons (Fsp3) is 0.929. The number of nitrogens with two attached hydrogens (primary N) is 1. The van der Waals surface area contributed by atoms with Gasteiger partial charge in [0.05, 0.1) is 6.54 Å². The predicted octanol–water partition coefficient (Wildman–Crippen LogP) is 1.29. The summed E-state index contributed by atoms with van der Waals surface area (Å²) in [5.41, 5.74) is 6.01. The molecule has 0 aromatic heterocycles. The third kappa shape index (κ3) is 6.13. The Hall–Kier alpha value is -0.0800. The van der Waals surface area contributed by atoms with Crippen molar-refractivity contribution in [2.45, 2.75) is 33.7 Å². The number of aliphatic imine (C=N–C) groups is 1. The molecule has 0 aliphatic carbocycles. The van der Waals surface area contributed by atoms with Gasteiger partial charge in [-0.1, -0.05) is 6.92 Å². The van der Waals surface area contributed by atoms with E-state index in [0.29, 0.717) is 12.0 Å². The maximum absolute atomic E-state index is 6.01. The van der Waals surface area contributed by atoms with Crippen molar-refractivity contribution in [3.63, 3.8) is 0 Å². The highest BCUT2D eigenvalue weighted by molar-refractivity contribution is 14.0. The molecule has 20 heavy (non-hydrogen) atoms. The lowest BCUT2D eigenvalue weighted by atomic mass is 10.2. The lowest BCUT2D eigenvalue weighted by molar-refractivity contribution is 0.109. The molecule has 1 rings (SSSR count). The molecule has 1 aliphatic heterocycles. The lowest BCUT2D eigenvalue weighted by Crippen LogP contribution is -2.50. The second kappa shape index (κ2) is 10.6. The van der Waals surface area contributed by atoms with Crippen molar-refractivity contribution in [1.29, 1.82) is 0 Å². The van der Waals surface area contributed by atoms with Gasteiger partial charge < -0.3 is 15.5 Å². The van der Waals surface area contributed by atoms with E-state index in [4.69, 9.17) is 5.73 Å². The van der Waals surface area contributed by atoms with Crippen LogP contribution in [0.15, 0.2) is 4.99 Å². The minimum absolute atomic E-state index is 0. The van der Waals surface area contributed by atoms with Crippen molar-refractivity contribution < 1.29 is 0 Å². The number of rotatable bonds is 6. The summed E-state index contributed by atoms with van der Waals surface area (Å²) >= 11 is 0. The Kier molecular flexibility index (Phi) is 10.6. The van der Waals surface area contributed by atoms with Gasteiger partial charge in [0.15, 0.2) is 5.96 Å². The van der Waals surface area contributed by atoms with Crippen molar-refractivity contribution in [3.05, 3.63) is 0 Å². The number of nitrogens with zero attached hydrogens (tertiary/aromatic N) is 4. The first-order chi connectivity index (χ1) is 9.12. The Labute approximate surface area is 141 Å². The molecule has 1 heterocycles. The molecule has 1 saturated heterocycles. The van der Waals surface area contributed by atoms with Gasteiger partial charge in [-0.2, -0.15) is 0 Å². The van der Waals surface area contributed by atoms with Gasteiger partial charge in [-0.05, 0) is 27.3 Å². The van der Waals surface area contributed by atoms with E-state index in [1.807, 2.05) is 0 Å². The highest BCUT2D eigenvalue weighted by atomic mass is 127. The highest BCUT2D eigenvalue weighted by Gasteiger charge is 2.19. The van der Waals surface area contributed by atoms with Crippen molar-refractivity contribution in [2.24, 2.45) is 10.7 Å². The molecule has 0 amide bonds. The summed E-state index contributed by atoms with van der Waals surface area (Å²) in [6, 6.07) is 0.480. The largest absolute Gasteiger partial charge is 0.370 e. The zero-order chi connectivity index (χ0) is 14.3. The molecule has 1 fully saturated rings. The van der Waals surface area contributed by atoms with Crippen LogP contribution in [0.25, 0.3) is 0 Å². The maximum atomic E-state index is 6.01. The Morgan fingerprint density at radius 2 is 1.70 bits per heavy atom. The number of guanidine groups is 1. The maximum Gasteiger partial charge on any atom is 0.191 e. The molecule has 6 heteroatoms. The summed E-state index contributed by atoms with van der Waals surface area (Å²) in [7, 11) is 0. The fourth-order valence-electron chi connectivity index (χ4n) is 2.51. The molecule has 0 bridgehead atoms. The summed E-state index contributed by atoms with van der Waals surface area (Å²) in [6.07, 6.45) is 0. The van der Waals surface area contributed by atoms with E-state index in [0.717, 1.165) is 39.3 Å². The first-order valence-electron chi connectivity index (χ1n) is 7.63. The van der Waals surface area contributed by atoms with Crippen LogP contribution in [-0.2, 0) is 0 Å². The van der Waals surface area contributed by atoms with Crippen molar-refractivity contribution >= 4 is 29.9 Å². The fourth-order valence-corrected chi connectivity index (χ4v) is 2.51. The van der Waals surface area contributed by atoms with Crippen LogP contribution in [0.1, 0.15) is 27.7 Å². The van der Waals surface area contributed by atoms with Crippen LogP contribution in [-0.4, -0.2) is 79.1 Å². The van der Waals surface area contributed by atoms with Crippen LogP contribution in [0.4, 0.5) is 0 Å². The zero-order valence-electron chi connectivity index (χ0n) is 13.5. The van der Waals surface area contributed by atoms with Crippen LogP contribution in [0.3, 0.4) is 0 Å². The first kappa shape index (κ1) is 19.9. The molecule has 0 aromatic rings. The SMILES string of the molecule is CCN1CCN(C(C)CN=C(N)N(CC)CC)CC1.I. The van der Waals surface area contributed by atoms with Crippen LogP contribution in [0, 0.1) is 0 Å². The van der Waals surface area contributed by atoms with Gasteiger partial charge >= 0.3 is 0 Å². The van der Waals surface area contributed by atoms with E-state index in [9.17, 15) is 0 Å². The van der Waals surface area contributed by atoms with Gasteiger partial charge in [0.25, 0.3) is 0 Å². The van der Waals surface area contributed by atoms with E-state index >= 15 is 0 Å². The number of halogens is 1. The normalized spacial score (nSPS) is 19.5. The molecule has 5 nitrogen and oxygen atoms in total. The number of piperazine rings is 1. The second-order valence-corrected chi connectivity index (χ2v) is 5.19. The highest BCUT2D eigenvalue weighted by Crippen LogP contribution is 2.06. The molecule has 1 atom stereocenters. The van der Waals surface area contributed by atoms with Crippen LogP contribution in [0.5, 0.6) is 0 Å². The zero-order valence-corrected chi connectivity index (χ0v) is 15.8. The lowest BCUT2D eigenvalue weighted by Gasteiger charge is -2.37. The smallest absolute Gasteiger partial charge is 0.191 e. The molecule has 0 aromatic carbocycles. The topological polar surface area (TPSA) is 48.1 Å². The summed E-state index contributed by atoms with van der Waals surface area (Å²) in [6.45, 7) is 17.2. The summed E-state index contributed by atoms with van der Waals surface area (Å²) in [4.78, 5) is 11.7. The molecule has 2 N–H and O–H groups in total. The Morgan fingerprint density at radius 1 is 1.15 bits per heavy atom. The van der Waals surface area contributed by atoms with Gasteiger partial charge in [-0.15, -0.1) is 24.0 Å². The summed E-state index contributed by atoms with van der Waals surface area (Å²) in [5.74, 6) is 0.684. The van der Waals surface area contributed by atoms with E-state index in [1.165, 1.54) is 13.1 Å². The van der Waals surface area contributed by atoms with Gasteiger partial charge in [-0.3, -0.25) is 9.89 Å². The first-order valence-corrected chi connectivity index (χ1v) is 7.63. The quantitative estimate of drug-likeness (QED) is 0.417. The van der Waals surface area contributed by atoms with E-state index in [1.54, 1.807) is 0 Å². The monoisotopic (exact) mass is 397 g/mol. The van der Waals surface area contributed by atoms with Crippen LogP contribution >= 0.6 is 24.0 Å². The van der Waals surface area contributed by atoms with Crippen molar-refractivity contribution in [1.82, 2.24) is 14.7 Å². The minimum atomic E-state index is 0. The Morgan fingerprint density at radius 3 is 2.15 bits per heavy atom. The molecular formula is C14H32IN5. The van der Waals surface area contributed by atoms with E-state index in [-0.39, 0.29) is 24.0 Å². The number of likely N-dealkylation sites (N-methyl/N-ethyl adjacent to an activating group) is 1. The van der Waals surface area contributed by atoms with Crippen LogP contribution < -0.4 is 5.73 Å². The van der Waals surface area contributed by atoms with Gasteiger partial charge in [0.1, 0.15) is 0 Å². The van der Waals surface area contributed by atoms with Gasteiger partial charge in [0.2, 0.25) is 0 Å². The molecule has 1 unspecified atom stereocenters. The standard InChI is InChI=1S/C14H31N5.HI/c1-5-17-8-10-19(11-9-17)13(4)12-16-14(15)18(6-2)7-3;/h13H,5-12H2,1-4H3,(H2,15,16);1H. The third-order valence-corrected chi connectivity index (χ3v) is 4.08. The molecule has 1 aliphatic rings. The van der Waals surface area contributed by atoms with Gasteiger partial charge in [-0.25, -0.2) is 0 Å². The third-order valence-electron chi connectivity index (χ3n) is 4.08. The summed E-state index contributed by atoms with van der Waals surface area (Å²) in [5, 5.41) is 0. The Balaban J connectivity index is 0.00000361. The van der Waals surface area contributed by atoms with Crippen molar-refractivity contribution in [3.8, 4) is 0 Å².